The molecule has 0 aliphatic rings. The Balaban J connectivity index is 0.00000512. The fourth-order valence-corrected chi connectivity index (χ4v) is 3.88. The monoisotopic (exact) mass is 574 g/mol. The molecule has 0 spiro atoms. The summed E-state index contributed by atoms with van der Waals surface area (Å²) in [5.41, 5.74) is 2.98. The molecule has 0 aliphatic carbocycles. The van der Waals surface area contributed by atoms with E-state index >= 15 is 0 Å². The van der Waals surface area contributed by atoms with E-state index in [2.05, 4.69) is 34.7 Å². The van der Waals surface area contributed by atoms with Gasteiger partial charge in [0.2, 0.25) is 0 Å². The zero-order valence-electron chi connectivity index (χ0n) is 19.6. The Morgan fingerprint density at radius 3 is 2.59 bits per heavy atom. The van der Waals surface area contributed by atoms with Gasteiger partial charge in [0.05, 0.1) is 31.5 Å². The van der Waals surface area contributed by atoms with Crippen LogP contribution >= 0.6 is 35.3 Å². The minimum absolute atomic E-state index is 0. The van der Waals surface area contributed by atoms with Gasteiger partial charge in [0.1, 0.15) is 9.88 Å². The molecule has 32 heavy (non-hydrogen) atoms. The number of aromatic nitrogens is 1. The minimum Gasteiger partial charge on any atom is -0.462 e. The molecule has 0 aliphatic heterocycles. The fraction of sp³-hybridized carbons (Fsp3) is 0.522. The number of carbonyl (C=O) groups excluding carboxylic acids is 1. The van der Waals surface area contributed by atoms with Crippen molar-refractivity contribution in [1.82, 2.24) is 15.6 Å². The normalized spacial score (nSPS) is 12.1. The molecule has 7 nitrogen and oxygen atoms in total. The number of ether oxygens (including phenoxy) is 2. The lowest BCUT2D eigenvalue weighted by atomic mass is 10.1. The first-order valence-electron chi connectivity index (χ1n) is 10.8. The van der Waals surface area contributed by atoms with Crippen molar-refractivity contribution in [3.63, 3.8) is 0 Å². The SMILES string of the molecule is CCCOCc1ccccc1CN=C(NCC)NC(C)c1nc(C)c(C(=O)OCC)s1.I. The number of halogens is 1. The maximum Gasteiger partial charge on any atom is 0.350 e. The van der Waals surface area contributed by atoms with Crippen LogP contribution in [0.5, 0.6) is 0 Å². The van der Waals surface area contributed by atoms with Crippen molar-refractivity contribution >= 4 is 47.2 Å². The molecule has 0 saturated carbocycles. The number of hydrogen-bond acceptors (Lipinski definition) is 6. The number of aryl methyl sites for hydroxylation is 1. The summed E-state index contributed by atoms with van der Waals surface area (Å²) in [7, 11) is 0. The van der Waals surface area contributed by atoms with E-state index in [4.69, 9.17) is 14.5 Å². The van der Waals surface area contributed by atoms with Crippen LogP contribution < -0.4 is 10.6 Å². The Hall–Kier alpha value is -1.72. The molecule has 1 aromatic carbocycles. The van der Waals surface area contributed by atoms with Crippen molar-refractivity contribution in [2.45, 2.75) is 60.2 Å². The number of guanidine groups is 1. The van der Waals surface area contributed by atoms with E-state index in [0.29, 0.717) is 36.3 Å². The van der Waals surface area contributed by atoms with Crippen molar-refractivity contribution in [2.75, 3.05) is 19.8 Å². The third-order valence-electron chi connectivity index (χ3n) is 4.47. The van der Waals surface area contributed by atoms with Gasteiger partial charge in [0.25, 0.3) is 0 Å². The molecule has 0 radical (unpaired) electrons. The molecule has 0 amide bonds. The van der Waals surface area contributed by atoms with Gasteiger partial charge >= 0.3 is 5.97 Å². The van der Waals surface area contributed by atoms with Crippen molar-refractivity contribution in [3.8, 4) is 0 Å². The van der Waals surface area contributed by atoms with E-state index in [1.807, 2.05) is 32.9 Å². The number of nitrogens with one attached hydrogen (secondary N) is 2. The summed E-state index contributed by atoms with van der Waals surface area (Å²) >= 11 is 1.36. The zero-order chi connectivity index (χ0) is 22.6. The number of esters is 1. The number of aliphatic imine (C=N–C) groups is 1. The first-order chi connectivity index (χ1) is 15.0. The quantitative estimate of drug-likeness (QED) is 0.129. The van der Waals surface area contributed by atoms with E-state index in [0.717, 1.165) is 35.7 Å². The third kappa shape index (κ3) is 8.67. The van der Waals surface area contributed by atoms with Crippen LogP contribution in [0.1, 0.15) is 71.7 Å². The Morgan fingerprint density at radius 2 is 1.94 bits per heavy atom. The summed E-state index contributed by atoms with van der Waals surface area (Å²) in [6, 6.07) is 8.10. The molecular formula is C23H35IN4O3S. The molecule has 2 N–H and O–H groups in total. The van der Waals surface area contributed by atoms with Crippen molar-refractivity contribution in [2.24, 2.45) is 4.99 Å². The van der Waals surface area contributed by atoms with Gasteiger partial charge in [-0.1, -0.05) is 31.2 Å². The third-order valence-corrected chi connectivity index (χ3v) is 5.79. The lowest BCUT2D eigenvalue weighted by Crippen LogP contribution is -2.38. The van der Waals surface area contributed by atoms with Gasteiger partial charge < -0.3 is 20.1 Å². The second-order valence-corrected chi connectivity index (χ2v) is 8.10. The van der Waals surface area contributed by atoms with Gasteiger partial charge in [0.15, 0.2) is 5.96 Å². The summed E-state index contributed by atoms with van der Waals surface area (Å²) in [6.07, 6.45) is 1.00. The van der Waals surface area contributed by atoms with Crippen LogP contribution in [0, 0.1) is 6.92 Å². The Kier molecular flexibility index (Phi) is 13.4. The first kappa shape index (κ1) is 28.3. The predicted molar refractivity (Wildman–Crippen MR) is 141 cm³/mol. The summed E-state index contributed by atoms with van der Waals surface area (Å²) < 4.78 is 10.8. The van der Waals surface area contributed by atoms with Crippen LogP contribution in [-0.4, -0.2) is 36.7 Å². The fourth-order valence-electron chi connectivity index (χ4n) is 2.92. The predicted octanol–water partition coefficient (Wildman–Crippen LogP) is 4.99. The second kappa shape index (κ2) is 15.2. The van der Waals surface area contributed by atoms with Crippen LogP contribution in [0.4, 0.5) is 0 Å². The highest BCUT2D eigenvalue weighted by molar-refractivity contribution is 14.0. The van der Waals surface area contributed by atoms with E-state index in [1.165, 1.54) is 11.3 Å². The maximum absolute atomic E-state index is 12.1. The molecule has 1 aromatic heterocycles. The average molecular weight is 575 g/mol. The smallest absolute Gasteiger partial charge is 0.350 e. The molecule has 178 valence electrons. The minimum atomic E-state index is -0.321. The zero-order valence-corrected chi connectivity index (χ0v) is 22.7. The highest BCUT2D eigenvalue weighted by Crippen LogP contribution is 2.24. The van der Waals surface area contributed by atoms with E-state index in [-0.39, 0.29) is 36.0 Å². The lowest BCUT2D eigenvalue weighted by Gasteiger charge is -2.16. The van der Waals surface area contributed by atoms with Gasteiger partial charge in [-0.2, -0.15) is 0 Å². The van der Waals surface area contributed by atoms with Gasteiger partial charge in [-0.15, -0.1) is 35.3 Å². The molecule has 9 heteroatoms. The summed E-state index contributed by atoms with van der Waals surface area (Å²) in [4.78, 5) is 22.0. The molecular weight excluding hydrogens is 539 g/mol. The topological polar surface area (TPSA) is 84.8 Å². The largest absolute Gasteiger partial charge is 0.462 e. The van der Waals surface area contributed by atoms with Gasteiger partial charge in [0, 0.05) is 13.2 Å². The van der Waals surface area contributed by atoms with Crippen molar-refractivity contribution in [1.29, 1.82) is 0 Å². The number of hydrogen-bond donors (Lipinski definition) is 2. The van der Waals surface area contributed by atoms with E-state index in [1.54, 1.807) is 6.92 Å². The van der Waals surface area contributed by atoms with Gasteiger partial charge in [-0.3, -0.25) is 0 Å². The lowest BCUT2D eigenvalue weighted by molar-refractivity contribution is 0.0531. The van der Waals surface area contributed by atoms with Crippen LogP contribution in [0.25, 0.3) is 0 Å². The van der Waals surface area contributed by atoms with Crippen LogP contribution in [0.2, 0.25) is 0 Å². The number of thiazole rings is 1. The van der Waals surface area contributed by atoms with E-state index in [9.17, 15) is 4.79 Å². The Morgan fingerprint density at radius 1 is 1.22 bits per heavy atom. The number of nitrogens with zero attached hydrogens (tertiary/aromatic N) is 2. The Bertz CT molecular complexity index is 873. The molecule has 2 aromatic rings. The molecule has 1 atom stereocenters. The summed E-state index contributed by atoms with van der Waals surface area (Å²) in [6.45, 7) is 12.7. The van der Waals surface area contributed by atoms with Crippen molar-refractivity contribution < 1.29 is 14.3 Å². The van der Waals surface area contributed by atoms with Crippen LogP contribution in [0.3, 0.4) is 0 Å². The first-order valence-corrected chi connectivity index (χ1v) is 11.7. The molecule has 1 heterocycles. The molecule has 0 fully saturated rings. The highest BCUT2D eigenvalue weighted by atomic mass is 127. The molecule has 0 saturated heterocycles. The van der Waals surface area contributed by atoms with E-state index < -0.39 is 0 Å². The van der Waals surface area contributed by atoms with Crippen molar-refractivity contribution in [3.05, 3.63) is 51.0 Å². The number of benzene rings is 1. The summed E-state index contributed by atoms with van der Waals surface area (Å²) in [5.74, 6) is 0.378. The van der Waals surface area contributed by atoms with Crippen LogP contribution in [0.15, 0.2) is 29.3 Å². The molecule has 1 unspecified atom stereocenters. The maximum atomic E-state index is 12.1. The van der Waals surface area contributed by atoms with Gasteiger partial charge in [-0.25, -0.2) is 14.8 Å². The Labute approximate surface area is 212 Å². The van der Waals surface area contributed by atoms with Crippen LogP contribution in [-0.2, 0) is 22.6 Å². The molecule has 2 rings (SSSR count). The molecule has 0 bridgehead atoms. The highest BCUT2D eigenvalue weighted by Gasteiger charge is 2.20. The summed E-state index contributed by atoms with van der Waals surface area (Å²) in [5, 5.41) is 7.49. The number of carbonyl (C=O) groups is 1. The van der Waals surface area contributed by atoms with Gasteiger partial charge in [-0.05, 0) is 45.2 Å². The second-order valence-electron chi connectivity index (χ2n) is 7.07. The standard InChI is InChI=1S/C23H34N4O3S.HI/c1-6-13-29-15-19-12-10-9-11-18(19)14-25-23(24-7-2)27-17(5)21-26-16(4)20(31-21)22(28)30-8-3;/h9-12,17H,6-8,13-15H2,1-5H3,(H2,24,25,27);1H. The number of rotatable bonds is 11. The average Bonchev–Trinajstić information content (AvgIpc) is 3.15.